The predicted octanol–water partition coefficient (Wildman–Crippen LogP) is 3.96. The molecule has 1 aromatic rings. The van der Waals surface area contributed by atoms with Gasteiger partial charge in [0.25, 0.3) is 0 Å². The smallest absolute Gasteiger partial charge is 0.416 e. The van der Waals surface area contributed by atoms with E-state index in [0.717, 1.165) is 12.1 Å². The molecule has 0 aliphatic carbocycles. The highest BCUT2D eigenvalue weighted by molar-refractivity contribution is 7.90. The Labute approximate surface area is 118 Å². The fourth-order valence-electron chi connectivity index (χ4n) is 1.43. The van der Waals surface area contributed by atoms with Crippen LogP contribution in [-0.2, 0) is 17.5 Å². The number of benzene rings is 1. The van der Waals surface area contributed by atoms with E-state index in [0.29, 0.717) is 6.07 Å². The lowest BCUT2D eigenvalue weighted by Gasteiger charge is -2.26. The van der Waals surface area contributed by atoms with E-state index < -0.39 is 39.7 Å². The molecule has 0 aliphatic heterocycles. The van der Waals surface area contributed by atoms with E-state index in [1.807, 2.05) is 0 Å². The largest absolute Gasteiger partial charge is 0.598 e. The van der Waals surface area contributed by atoms with E-state index in [4.69, 9.17) is 0 Å². The van der Waals surface area contributed by atoms with Crippen molar-refractivity contribution in [2.24, 2.45) is 0 Å². The summed E-state index contributed by atoms with van der Waals surface area (Å²) in [5.41, 5.74) is -0.947. The van der Waals surface area contributed by atoms with Crippen LogP contribution >= 0.6 is 0 Å². The van der Waals surface area contributed by atoms with Crippen molar-refractivity contribution < 1.29 is 22.1 Å². The highest BCUT2D eigenvalue weighted by atomic mass is 32.2. The first-order valence-corrected chi connectivity index (χ1v) is 7.12. The molecule has 0 aliphatic rings. The maximum Gasteiger partial charge on any atom is 0.416 e. The van der Waals surface area contributed by atoms with E-state index in [9.17, 15) is 22.1 Å². The van der Waals surface area contributed by atoms with E-state index in [1.54, 1.807) is 27.7 Å². The van der Waals surface area contributed by atoms with Crippen LogP contribution < -0.4 is 4.72 Å². The molecule has 1 N–H and O–H groups in total. The second-order valence-electron chi connectivity index (χ2n) is 5.49. The SMILES string of the molecule is C[C@H](N[S+]([O-])C(C)(C)C)c1cc(F)cc(C(F)(F)F)c1. The van der Waals surface area contributed by atoms with Crippen molar-refractivity contribution in [3.05, 3.63) is 35.1 Å². The zero-order chi connectivity index (χ0) is 15.7. The van der Waals surface area contributed by atoms with Gasteiger partial charge in [-0.2, -0.15) is 13.2 Å². The van der Waals surface area contributed by atoms with Crippen LogP contribution in [0.5, 0.6) is 0 Å². The molecule has 1 unspecified atom stereocenters. The summed E-state index contributed by atoms with van der Waals surface area (Å²) in [6.07, 6.45) is -4.61. The Morgan fingerprint density at radius 1 is 1.15 bits per heavy atom. The normalized spacial score (nSPS) is 16.1. The van der Waals surface area contributed by atoms with Crippen LogP contribution in [0.25, 0.3) is 0 Å². The Bertz CT molecular complexity index is 470. The Morgan fingerprint density at radius 3 is 2.15 bits per heavy atom. The number of hydrogen-bond acceptors (Lipinski definition) is 2. The molecule has 0 saturated heterocycles. The number of hydrogen-bond donors (Lipinski definition) is 1. The van der Waals surface area contributed by atoms with Crippen LogP contribution in [0.1, 0.15) is 44.9 Å². The van der Waals surface area contributed by atoms with E-state index in [-0.39, 0.29) is 5.56 Å². The lowest BCUT2D eigenvalue weighted by molar-refractivity contribution is -0.137. The van der Waals surface area contributed by atoms with E-state index in [2.05, 4.69) is 4.72 Å². The Morgan fingerprint density at radius 2 is 1.70 bits per heavy atom. The van der Waals surface area contributed by atoms with Crippen LogP contribution in [-0.4, -0.2) is 9.30 Å². The molecular formula is C13H17F4NOS. The molecule has 20 heavy (non-hydrogen) atoms. The molecule has 0 fully saturated rings. The van der Waals surface area contributed by atoms with Gasteiger partial charge in [0.1, 0.15) is 10.6 Å². The quantitative estimate of drug-likeness (QED) is 0.677. The molecule has 0 radical (unpaired) electrons. The maximum atomic E-state index is 13.3. The summed E-state index contributed by atoms with van der Waals surface area (Å²) < 4.78 is 65.2. The lowest BCUT2D eigenvalue weighted by atomic mass is 10.1. The van der Waals surface area contributed by atoms with E-state index in [1.165, 1.54) is 0 Å². The zero-order valence-electron chi connectivity index (χ0n) is 11.6. The van der Waals surface area contributed by atoms with Gasteiger partial charge < -0.3 is 4.55 Å². The standard InChI is InChI=1S/C13H17F4NOS/c1-8(18-20(19)12(2,3)4)9-5-10(13(15,16)17)7-11(14)6-9/h5-8,18H,1-4H3/t8-,20?/m0/s1. The van der Waals surface area contributed by atoms with Gasteiger partial charge in [-0.15, -0.1) is 4.72 Å². The number of nitrogens with one attached hydrogen (secondary N) is 1. The number of halogens is 4. The van der Waals surface area contributed by atoms with Gasteiger partial charge in [0, 0.05) is 11.4 Å². The number of rotatable bonds is 3. The zero-order valence-corrected chi connectivity index (χ0v) is 12.5. The van der Waals surface area contributed by atoms with Gasteiger partial charge in [-0.3, -0.25) is 0 Å². The second-order valence-corrected chi connectivity index (χ2v) is 7.49. The molecule has 7 heteroatoms. The van der Waals surface area contributed by atoms with Gasteiger partial charge in [0.05, 0.1) is 11.6 Å². The van der Waals surface area contributed by atoms with E-state index >= 15 is 0 Å². The van der Waals surface area contributed by atoms with Crippen LogP contribution in [0.15, 0.2) is 18.2 Å². The van der Waals surface area contributed by atoms with Crippen LogP contribution in [0, 0.1) is 5.82 Å². The molecule has 0 saturated carbocycles. The third-order valence-corrected chi connectivity index (χ3v) is 4.27. The lowest BCUT2D eigenvalue weighted by Crippen LogP contribution is -2.40. The summed E-state index contributed by atoms with van der Waals surface area (Å²) in [7, 11) is 0. The molecule has 0 heterocycles. The van der Waals surface area contributed by atoms with Crippen molar-refractivity contribution in [1.29, 1.82) is 0 Å². The molecule has 2 atom stereocenters. The summed E-state index contributed by atoms with van der Waals surface area (Å²) in [5.74, 6) is -0.968. The molecule has 0 spiro atoms. The highest BCUT2D eigenvalue weighted by Gasteiger charge is 2.33. The van der Waals surface area contributed by atoms with Gasteiger partial charge >= 0.3 is 6.18 Å². The highest BCUT2D eigenvalue weighted by Crippen LogP contribution is 2.32. The maximum absolute atomic E-state index is 13.3. The minimum Gasteiger partial charge on any atom is -0.598 e. The molecular weight excluding hydrogens is 294 g/mol. The minimum absolute atomic E-state index is 0.106. The summed E-state index contributed by atoms with van der Waals surface area (Å²) >= 11 is -1.46. The fourth-order valence-corrected chi connectivity index (χ4v) is 2.24. The average Bonchev–Trinajstić information content (AvgIpc) is 2.25. The van der Waals surface area contributed by atoms with Gasteiger partial charge in [0.15, 0.2) is 0 Å². The van der Waals surface area contributed by atoms with Crippen LogP contribution in [0.3, 0.4) is 0 Å². The monoisotopic (exact) mass is 311 g/mol. The van der Waals surface area contributed by atoms with Crippen LogP contribution in [0.2, 0.25) is 0 Å². The van der Waals surface area contributed by atoms with Crippen molar-refractivity contribution in [3.8, 4) is 0 Å². The van der Waals surface area contributed by atoms with Gasteiger partial charge in [-0.1, -0.05) is 0 Å². The topological polar surface area (TPSA) is 35.1 Å². The summed E-state index contributed by atoms with van der Waals surface area (Å²) in [4.78, 5) is 0. The summed E-state index contributed by atoms with van der Waals surface area (Å²) in [6.45, 7) is 6.74. The molecule has 0 bridgehead atoms. The van der Waals surface area contributed by atoms with Crippen LogP contribution in [0.4, 0.5) is 17.6 Å². The fraction of sp³-hybridized carbons (Fsp3) is 0.538. The Hall–Kier alpha value is -0.790. The third kappa shape index (κ3) is 4.64. The summed E-state index contributed by atoms with van der Waals surface area (Å²) in [5, 5.41) is 0. The number of alkyl halides is 3. The van der Waals surface area contributed by atoms with Crippen molar-refractivity contribution in [2.45, 2.75) is 44.7 Å². The first kappa shape index (κ1) is 17.3. The van der Waals surface area contributed by atoms with Crippen molar-refractivity contribution in [2.75, 3.05) is 0 Å². The second kappa shape index (κ2) is 5.91. The Kier molecular flexibility index (Phi) is 5.10. The predicted molar refractivity (Wildman–Crippen MR) is 70.8 cm³/mol. The Balaban J connectivity index is 2.99. The van der Waals surface area contributed by atoms with Gasteiger partial charge in [-0.05, 0) is 51.5 Å². The van der Waals surface area contributed by atoms with Gasteiger partial charge in [0.2, 0.25) is 0 Å². The van der Waals surface area contributed by atoms with Gasteiger partial charge in [-0.25, -0.2) is 4.39 Å². The first-order valence-electron chi connectivity index (χ1n) is 5.97. The molecule has 1 aromatic carbocycles. The average molecular weight is 311 g/mol. The summed E-state index contributed by atoms with van der Waals surface area (Å²) in [6, 6.07) is 1.65. The molecule has 114 valence electrons. The third-order valence-electron chi connectivity index (χ3n) is 2.59. The molecule has 2 nitrogen and oxygen atoms in total. The molecule has 1 rings (SSSR count). The first-order chi connectivity index (χ1) is 8.91. The molecule has 0 aromatic heterocycles. The van der Waals surface area contributed by atoms with Crippen molar-refractivity contribution in [1.82, 2.24) is 4.72 Å². The van der Waals surface area contributed by atoms with Crippen molar-refractivity contribution >= 4 is 11.4 Å². The van der Waals surface area contributed by atoms with Crippen molar-refractivity contribution in [3.63, 3.8) is 0 Å². The minimum atomic E-state index is -4.61. The molecule has 0 amide bonds.